The highest BCUT2D eigenvalue weighted by molar-refractivity contribution is 6.30. The van der Waals surface area contributed by atoms with E-state index in [1.54, 1.807) is 10.6 Å². The normalized spacial score (nSPS) is 10.7. The second-order valence-electron chi connectivity index (χ2n) is 4.84. The molecule has 0 aliphatic rings. The van der Waals surface area contributed by atoms with Crippen molar-refractivity contribution >= 4 is 17.3 Å². The van der Waals surface area contributed by atoms with Crippen molar-refractivity contribution < 1.29 is 0 Å². The molecule has 0 fully saturated rings. The Balaban J connectivity index is 2.43. The first-order chi connectivity index (χ1) is 9.63. The minimum atomic E-state index is -0.117. The van der Waals surface area contributed by atoms with Crippen LogP contribution in [0.3, 0.4) is 0 Å². The summed E-state index contributed by atoms with van der Waals surface area (Å²) in [6, 6.07) is 11.1. The Morgan fingerprint density at radius 1 is 1.10 bits per heavy atom. The molecular weight excluding hydrogens is 272 g/mol. The predicted octanol–water partition coefficient (Wildman–Crippen LogP) is 3.94. The molecule has 0 amide bonds. The Morgan fingerprint density at radius 3 is 2.45 bits per heavy atom. The molecule has 2 N–H and O–H groups in total. The van der Waals surface area contributed by atoms with E-state index in [9.17, 15) is 4.79 Å². The number of rotatable bonds is 5. The summed E-state index contributed by atoms with van der Waals surface area (Å²) < 4.78 is 1.76. The molecule has 0 saturated carbocycles. The van der Waals surface area contributed by atoms with Crippen molar-refractivity contribution in [1.29, 1.82) is 0 Å². The molecule has 1 heterocycles. The van der Waals surface area contributed by atoms with E-state index in [4.69, 9.17) is 17.3 Å². The number of anilines is 1. The molecule has 0 radical (unpaired) electrons. The van der Waals surface area contributed by atoms with Gasteiger partial charge in [-0.1, -0.05) is 43.5 Å². The van der Waals surface area contributed by atoms with Crippen molar-refractivity contribution in [1.82, 2.24) is 4.57 Å². The van der Waals surface area contributed by atoms with Crippen molar-refractivity contribution in [2.45, 2.75) is 32.7 Å². The molecule has 20 heavy (non-hydrogen) atoms. The molecule has 0 spiro atoms. The fourth-order valence-corrected chi connectivity index (χ4v) is 2.34. The van der Waals surface area contributed by atoms with E-state index in [2.05, 4.69) is 6.92 Å². The van der Waals surface area contributed by atoms with Gasteiger partial charge in [0.05, 0.1) is 11.4 Å². The van der Waals surface area contributed by atoms with Crippen LogP contribution in [0.4, 0.5) is 5.69 Å². The average molecular weight is 291 g/mol. The molecule has 2 rings (SSSR count). The van der Waals surface area contributed by atoms with E-state index < -0.39 is 0 Å². The lowest BCUT2D eigenvalue weighted by atomic mass is 10.1. The van der Waals surface area contributed by atoms with Gasteiger partial charge in [-0.25, -0.2) is 0 Å². The summed E-state index contributed by atoms with van der Waals surface area (Å²) in [7, 11) is 0. The summed E-state index contributed by atoms with van der Waals surface area (Å²) in [5.41, 5.74) is 7.78. The largest absolute Gasteiger partial charge is 0.394 e. The molecule has 0 aliphatic heterocycles. The summed E-state index contributed by atoms with van der Waals surface area (Å²) >= 11 is 5.91. The number of nitrogens with zero attached hydrogens (tertiary/aromatic N) is 1. The van der Waals surface area contributed by atoms with Gasteiger partial charge in [-0.2, -0.15) is 0 Å². The second-order valence-corrected chi connectivity index (χ2v) is 5.28. The fourth-order valence-electron chi connectivity index (χ4n) is 2.21. The smallest absolute Gasteiger partial charge is 0.274 e. The number of benzene rings is 1. The van der Waals surface area contributed by atoms with Gasteiger partial charge in [0.25, 0.3) is 5.56 Å². The summed E-state index contributed by atoms with van der Waals surface area (Å²) in [5, 5.41) is 0.684. The standard InChI is InChI=1S/C16H19ClN2O/c1-2-3-4-11-19-15(10-9-14(18)16(19)20)12-5-7-13(17)8-6-12/h5-10H,2-4,11,18H2,1H3. The van der Waals surface area contributed by atoms with E-state index in [0.29, 0.717) is 17.3 Å². The van der Waals surface area contributed by atoms with Crippen LogP contribution in [0.2, 0.25) is 5.02 Å². The van der Waals surface area contributed by atoms with Gasteiger partial charge >= 0.3 is 0 Å². The van der Waals surface area contributed by atoms with Crippen LogP contribution < -0.4 is 11.3 Å². The highest BCUT2D eigenvalue weighted by Gasteiger charge is 2.08. The Labute approximate surface area is 124 Å². The maximum absolute atomic E-state index is 12.2. The monoisotopic (exact) mass is 290 g/mol. The highest BCUT2D eigenvalue weighted by atomic mass is 35.5. The van der Waals surface area contributed by atoms with Crippen molar-refractivity contribution in [3.05, 3.63) is 51.8 Å². The number of unbranched alkanes of at least 4 members (excludes halogenated alkanes) is 2. The number of nitrogens with two attached hydrogens (primary N) is 1. The van der Waals surface area contributed by atoms with Crippen LogP contribution in [0.1, 0.15) is 26.2 Å². The minimum Gasteiger partial charge on any atom is -0.394 e. The van der Waals surface area contributed by atoms with E-state index in [-0.39, 0.29) is 5.56 Å². The third kappa shape index (κ3) is 3.23. The first-order valence-corrected chi connectivity index (χ1v) is 7.26. The van der Waals surface area contributed by atoms with E-state index in [1.807, 2.05) is 30.3 Å². The van der Waals surface area contributed by atoms with Crippen LogP contribution in [0.5, 0.6) is 0 Å². The lowest BCUT2D eigenvalue weighted by Crippen LogP contribution is -2.24. The van der Waals surface area contributed by atoms with Crippen LogP contribution in [0, 0.1) is 0 Å². The van der Waals surface area contributed by atoms with Gasteiger partial charge in [0.2, 0.25) is 0 Å². The Hall–Kier alpha value is -1.74. The first kappa shape index (κ1) is 14.7. The zero-order valence-corrected chi connectivity index (χ0v) is 12.4. The van der Waals surface area contributed by atoms with E-state index in [0.717, 1.165) is 30.5 Å². The predicted molar refractivity (Wildman–Crippen MR) is 85.1 cm³/mol. The number of aromatic nitrogens is 1. The molecule has 3 nitrogen and oxygen atoms in total. The van der Waals surface area contributed by atoms with Crippen LogP contribution in [-0.2, 0) is 6.54 Å². The van der Waals surface area contributed by atoms with Crippen molar-refractivity contribution in [2.75, 3.05) is 5.73 Å². The number of nitrogen functional groups attached to an aromatic ring is 1. The SMILES string of the molecule is CCCCCn1c(-c2ccc(Cl)cc2)ccc(N)c1=O. The molecule has 0 bridgehead atoms. The number of hydrogen-bond donors (Lipinski definition) is 1. The van der Waals surface area contributed by atoms with Gasteiger partial charge in [0.15, 0.2) is 0 Å². The van der Waals surface area contributed by atoms with Crippen molar-refractivity contribution in [3.8, 4) is 11.3 Å². The quantitative estimate of drug-likeness (QED) is 0.848. The molecule has 0 atom stereocenters. The number of hydrogen-bond acceptors (Lipinski definition) is 2. The van der Waals surface area contributed by atoms with Crippen molar-refractivity contribution in [2.24, 2.45) is 0 Å². The van der Waals surface area contributed by atoms with Crippen LogP contribution in [0.25, 0.3) is 11.3 Å². The summed E-state index contributed by atoms with van der Waals surface area (Å²) in [6.45, 7) is 2.83. The molecule has 1 aromatic carbocycles. The minimum absolute atomic E-state index is 0.117. The van der Waals surface area contributed by atoms with Crippen LogP contribution in [-0.4, -0.2) is 4.57 Å². The van der Waals surface area contributed by atoms with Gasteiger partial charge in [-0.15, -0.1) is 0 Å². The van der Waals surface area contributed by atoms with Gasteiger partial charge in [-0.3, -0.25) is 4.79 Å². The Morgan fingerprint density at radius 2 is 1.80 bits per heavy atom. The topological polar surface area (TPSA) is 48.0 Å². The molecule has 0 saturated heterocycles. The molecule has 106 valence electrons. The third-order valence-electron chi connectivity index (χ3n) is 3.33. The summed E-state index contributed by atoms with van der Waals surface area (Å²) in [5.74, 6) is 0. The zero-order chi connectivity index (χ0) is 14.5. The van der Waals surface area contributed by atoms with Crippen LogP contribution >= 0.6 is 11.6 Å². The second kappa shape index (κ2) is 6.62. The van der Waals surface area contributed by atoms with E-state index in [1.165, 1.54) is 0 Å². The summed E-state index contributed by atoms with van der Waals surface area (Å²) in [4.78, 5) is 12.2. The van der Waals surface area contributed by atoms with Gasteiger partial charge in [0, 0.05) is 11.6 Å². The van der Waals surface area contributed by atoms with Crippen molar-refractivity contribution in [3.63, 3.8) is 0 Å². The summed E-state index contributed by atoms with van der Waals surface area (Å²) in [6.07, 6.45) is 3.19. The Bertz CT molecular complexity index is 632. The van der Waals surface area contributed by atoms with Crippen LogP contribution in [0.15, 0.2) is 41.2 Å². The molecule has 0 unspecified atom stereocenters. The lowest BCUT2D eigenvalue weighted by Gasteiger charge is -2.13. The van der Waals surface area contributed by atoms with Gasteiger partial charge in [0.1, 0.15) is 0 Å². The average Bonchev–Trinajstić information content (AvgIpc) is 2.45. The van der Waals surface area contributed by atoms with Gasteiger partial charge in [-0.05, 0) is 36.2 Å². The maximum atomic E-state index is 12.2. The first-order valence-electron chi connectivity index (χ1n) is 6.88. The highest BCUT2D eigenvalue weighted by Crippen LogP contribution is 2.21. The number of pyridine rings is 1. The fraction of sp³-hybridized carbons (Fsp3) is 0.312. The zero-order valence-electron chi connectivity index (χ0n) is 11.6. The molecular formula is C16H19ClN2O. The lowest BCUT2D eigenvalue weighted by molar-refractivity contribution is 0.593. The van der Waals surface area contributed by atoms with E-state index >= 15 is 0 Å². The Kier molecular flexibility index (Phi) is 4.85. The molecule has 4 heteroatoms. The molecule has 1 aromatic heterocycles. The number of halogens is 1. The van der Waals surface area contributed by atoms with Gasteiger partial charge < -0.3 is 10.3 Å². The third-order valence-corrected chi connectivity index (χ3v) is 3.58. The molecule has 2 aromatic rings. The maximum Gasteiger partial charge on any atom is 0.274 e. The molecule has 0 aliphatic carbocycles.